The minimum Gasteiger partial charge on any atom is -0.493 e. The van der Waals surface area contributed by atoms with Crippen LogP contribution in [0.2, 0.25) is 0 Å². The first-order valence-corrected chi connectivity index (χ1v) is 9.43. The summed E-state index contributed by atoms with van der Waals surface area (Å²) in [5.74, 6) is 1.62. The van der Waals surface area contributed by atoms with Crippen molar-refractivity contribution in [1.82, 2.24) is 10.3 Å². The zero-order chi connectivity index (χ0) is 19.2. The fourth-order valence-corrected chi connectivity index (χ4v) is 3.30. The van der Waals surface area contributed by atoms with Crippen molar-refractivity contribution in [2.45, 2.75) is 18.9 Å². The van der Waals surface area contributed by atoms with Crippen molar-refractivity contribution in [3.8, 4) is 22.6 Å². The number of ether oxygens (including phenoxy) is 2. The molecule has 0 radical (unpaired) electrons. The monoisotopic (exact) mass is 374 g/mol. The van der Waals surface area contributed by atoms with Crippen LogP contribution < -0.4 is 14.8 Å². The van der Waals surface area contributed by atoms with Crippen LogP contribution in [0.3, 0.4) is 0 Å². The van der Waals surface area contributed by atoms with Gasteiger partial charge in [0.15, 0.2) is 0 Å². The fourth-order valence-electron chi connectivity index (χ4n) is 3.30. The lowest BCUT2D eigenvalue weighted by molar-refractivity contribution is -0.121. The fraction of sp³-hybridized carbons (Fsp3) is 0.217. The van der Waals surface area contributed by atoms with Gasteiger partial charge in [-0.2, -0.15) is 0 Å². The summed E-state index contributed by atoms with van der Waals surface area (Å²) in [6, 6.07) is 19.6. The molecule has 142 valence electrons. The Kier molecular flexibility index (Phi) is 5.52. The number of hydrogen-bond donors (Lipinski definition) is 1. The van der Waals surface area contributed by atoms with Crippen LogP contribution in [0.25, 0.3) is 11.1 Å². The van der Waals surface area contributed by atoms with E-state index in [4.69, 9.17) is 9.47 Å². The molecule has 1 N–H and O–H groups in total. The molecule has 1 atom stereocenters. The molecule has 1 aromatic heterocycles. The maximum atomic E-state index is 12.1. The largest absolute Gasteiger partial charge is 0.493 e. The Labute approximate surface area is 164 Å². The van der Waals surface area contributed by atoms with Crippen molar-refractivity contribution < 1.29 is 14.3 Å². The molecule has 2 aromatic carbocycles. The Balaban J connectivity index is 1.28. The number of nitrogens with zero attached hydrogens (tertiary/aromatic N) is 1. The van der Waals surface area contributed by atoms with Crippen LogP contribution in [0, 0.1) is 0 Å². The average Bonchev–Trinajstić information content (AvgIpc) is 3.17. The molecule has 1 aliphatic heterocycles. The normalized spacial score (nSPS) is 14.8. The van der Waals surface area contributed by atoms with E-state index in [2.05, 4.69) is 16.4 Å². The minimum atomic E-state index is -0.0631. The Morgan fingerprint density at radius 2 is 2.00 bits per heavy atom. The number of benzene rings is 2. The number of fused-ring (bicyclic) bond motifs is 1. The van der Waals surface area contributed by atoms with Crippen LogP contribution in [-0.4, -0.2) is 30.1 Å². The van der Waals surface area contributed by atoms with Gasteiger partial charge in [0, 0.05) is 29.9 Å². The second-order valence-corrected chi connectivity index (χ2v) is 6.70. The van der Waals surface area contributed by atoms with E-state index in [0.717, 1.165) is 34.6 Å². The first-order valence-electron chi connectivity index (χ1n) is 9.43. The van der Waals surface area contributed by atoms with Crippen molar-refractivity contribution in [1.29, 1.82) is 0 Å². The molecule has 0 spiro atoms. The first kappa shape index (κ1) is 18.0. The van der Waals surface area contributed by atoms with Crippen LogP contribution in [0.15, 0.2) is 73.1 Å². The van der Waals surface area contributed by atoms with E-state index in [9.17, 15) is 4.79 Å². The zero-order valence-electron chi connectivity index (χ0n) is 15.5. The topological polar surface area (TPSA) is 60.5 Å². The Morgan fingerprint density at radius 3 is 2.82 bits per heavy atom. The third-order valence-electron chi connectivity index (χ3n) is 4.67. The number of nitrogens with one attached hydrogen (secondary N) is 1. The average molecular weight is 374 g/mol. The molecular formula is C23H22N2O3. The predicted molar refractivity (Wildman–Crippen MR) is 107 cm³/mol. The quantitative estimate of drug-likeness (QED) is 0.686. The molecule has 1 unspecified atom stereocenters. The van der Waals surface area contributed by atoms with Crippen molar-refractivity contribution in [2.24, 2.45) is 0 Å². The molecule has 0 saturated heterocycles. The van der Waals surface area contributed by atoms with Gasteiger partial charge in [-0.3, -0.25) is 9.78 Å². The summed E-state index contributed by atoms with van der Waals surface area (Å²) in [6.45, 7) is 0.831. The van der Waals surface area contributed by atoms with Gasteiger partial charge in [-0.1, -0.05) is 42.5 Å². The van der Waals surface area contributed by atoms with E-state index < -0.39 is 0 Å². The van der Waals surface area contributed by atoms with Crippen LogP contribution in [0.4, 0.5) is 0 Å². The molecule has 0 bridgehead atoms. The molecule has 2 heterocycles. The van der Waals surface area contributed by atoms with Gasteiger partial charge >= 0.3 is 0 Å². The van der Waals surface area contributed by atoms with Crippen molar-refractivity contribution in [2.75, 3.05) is 13.2 Å². The highest BCUT2D eigenvalue weighted by Gasteiger charge is 2.26. The summed E-state index contributed by atoms with van der Waals surface area (Å²) in [7, 11) is 0. The zero-order valence-corrected chi connectivity index (χ0v) is 15.5. The summed E-state index contributed by atoms with van der Waals surface area (Å²) in [6.07, 6.45) is 4.63. The van der Waals surface area contributed by atoms with E-state index in [1.54, 1.807) is 6.20 Å². The van der Waals surface area contributed by atoms with Crippen molar-refractivity contribution in [3.05, 3.63) is 78.6 Å². The van der Waals surface area contributed by atoms with Gasteiger partial charge in [0.1, 0.15) is 17.6 Å². The van der Waals surface area contributed by atoms with Gasteiger partial charge in [0.05, 0.1) is 19.6 Å². The summed E-state index contributed by atoms with van der Waals surface area (Å²) in [5, 5.41) is 2.95. The lowest BCUT2D eigenvalue weighted by Crippen LogP contribution is -2.35. The number of para-hydroxylation sites is 2. The third-order valence-corrected chi connectivity index (χ3v) is 4.67. The summed E-state index contributed by atoms with van der Waals surface area (Å²) in [5.41, 5.74) is 3.23. The number of rotatable bonds is 7. The number of carbonyl (C=O) groups is 1. The second kappa shape index (κ2) is 8.57. The molecular weight excluding hydrogens is 352 g/mol. The standard InChI is InChI=1S/C23H22N2O3/c26-22(11-13-27-19-8-2-1-3-9-19)25-16-20-14-17-6-4-10-21(23(17)28-20)18-7-5-12-24-15-18/h1-10,12,15,20H,11,13-14,16H2,(H,25,26). The van der Waals surface area contributed by atoms with Gasteiger partial charge in [-0.05, 0) is 23.8 Å². The van der Waals surface area contributed by atoms with Crippen LogP contribution in [0.5, 0.6) is 11.5 Å². The molecule has 28 heavy (non-hydrogen) atoms. The number of pyridine rings is 1. The smallest absolute Gasteiger partial charge is 0.223 e. The summed E-state index contributed by atoms with van der Waals surface area (Å²) < 4.78 is 11.7. The molecule has 5 nitrogen and oxygen atoms in total. The lowest BCUT2D eigenvalue weighted by atomic mass is 10.0. The van der Waals surface area contributed by atoms with E-state index in [0.29, 0.717) is 19.6 Å². The van der Waals surface area contributed by atoms with E-state index in [-0.39, 0.29) is 12.0 Å². The number of aromatic nitrogens is 1. The van der Waals surface area contributed by atoms with Crippen molar-refractivity contribution in [3.63, 3.8) is 0 Å². The SMILES string of the molecule is O=C(CCOc1ccccc1)NCC1Cc2cccc(-c3cccnc3)c2O1. The summed E-state index contributed by atoms with van der Waals surface area (Å²) >= 11 is 0. The first-order chi connectivity index (χ1) is 13.8. The van der Waals surface area contributed by atoms with Gasteiger partial charge in [-0.25, -0.2) is 0 Å². The van der Waals surface area contributed by atoms with Gasteiger partial charge in [-0.15, -0.1) is 0 Å². The highest BCUT2D eigenvalue weighted by atomic mass is 16.5. The van der Waals surface area contributed by atoms with Crippen molar-refractivity contribution >= 4 is 5.91 Å². The van der Waals surface area contributed by atoms with E-state index in [1.807, 2.05) is 60.8 Å². The number of amides is 1. The molecule has 0 aliphatic carbocycles. The highest BCUT2D eigenvalue weighted by Crippen LogP contribution is 2.38. The molecule has 0 saturated carbocycles. The molecule has 4 rings (SSSR count). The van der Waals surface area contributed by atoms with Crippen LogP contribution >= 0.6 is 0 Å². The Morgan fingerprint density at radius 1 is 1.11 bits per heavy atom. The van der Waals surface area contributed by atoms with Crippen LogP contribution in [-0.2, 0) is 11.2 Å². The van der Waals surface area contributed by atoms with E-state index in [1.165, 1.54) is 0 Å². The molecule has 1 amide bonds. The molecule has 5 heteroatoms. The maximum Gasteiger partial charge on any atom is 0.223 e. The Hall–Kier alpha value is -3.34. The minimum absolute atomic E-state index is 0.0389. The Bertz CT molecular complexity index is 929. The third kappa shape index (κ3) is 4.31. The predicted octanol–water partition coefficient (Wildman–Crippen LogP) is 3.64. The lowest BCUT2D eigenvalue weighted by Gasteiger charge is -2.14. The molecule has 1 aliphatic rings. The highest BCUT2D eigenvalue weighted by molar-refractivity contribution is 5.76. The van der Waals surface area contributed by atoms with Gasteiger partial charge in [0.2, 0.25) is 5.91 Å². The van der Waals surface area contributed by atoms with E-state index >= 15 is 0 Å². The number of hydrogen-bond acceptors (Lipinski definition) is 4. The maximum absolute atomic E-state index is 12.1. The molecule has 3 aromatic rings. The second-order valence-electron chi connectivity index (χ2n) is 6.70. The summed E-state index contributed by atoms with van der Waals surface area (Å²) in [4.78, 5) is 16.3. The molecule has 0 fully saturated rings. The van der Waals surface area contributed by atoms with Gasteiger partial charge in [0.25, 0.3) is 0 Å². The number of carbonyl (C=O) groups excluding carboxylic acids is 1. The van der Waals surface area contributed by atoms with Crippen LogP contribution in [0.1, 0.15) is 12.0 Å². The van der Waals surface area contributed by atoms with Gasteiger partial charge < -0.3 is 14.8 Å².